The Morgan fingerprint density at radius 3 is 2.40 bits per heavy atom. The molecule has 1 fully saturated rings. The van der Waals surface area contributed by atoms with Gasteiger partial charge in [-0.2, -0.15) is 18.4 Å². The lowest BCUT2D eigenvalue weighted by Crippen LogP contribution is -2.55. The fourth-order valence-corrected chi connectivity index (χ4v) is 4.56. The molecule has 2 atom stereocenters. The quantitative estimate of drug-likeness (QED) is 0.562. The fraction of sp³-hybridized carbons (Fsp3) is 0.348. The van der Waals surface area contributed by atoms with E-state index in [1.165, 1.54) is 23.7 Å². The van der Waals surface area contributed by atoms with Gasteiger partial charge in [-0.15, -0.1) is 0 Å². The molecule has 1 saturated heterocycles. The average molecular weight is 493 g/mol. The van der Waals surface area contributed by atoms with Crippen molar-refractivity contribution < 1.29 is 27.1 Å². The van der Waals surface area contributed by atoms with Crippen LogP contribution < -0.4 is 10.5 Å². The lowest BCUT2D eigenvalue weighted by molar-refractivity contribution is -0.189. The summed E-state index contributed by atoms with van der Waals surface area (Å²) in [5.74, 6) is -3.80. The molecule has 3 aromatic rings. The van der Waals surface area contributed by atoms with Gasteiger partial charge in [0, 0.05) is 50.9 Å². The van der Waals surface area contributed by atoms with Crippen LogP contribution in [0.3, 0.4) is 0 Å². The van der Waals surface area contributed by atoms with E-state index in [9.17, 15) is 37.1 Å². The van der Waals surface area contributed by atoms with Crippen LogP contribution >= 0.6 is 0 Å². The van der Waals surface area contributed by atoms with Gasteiger partial charge in [-0.1, -0.05) is 0 Å². The highest BCUT2D eigenvalue weighted by Gasteiger charge is 2.49. The van der Waals surface area contributed by atoms with Crippen molar-refractivity contribution in [3.05, 3.63) is 63.6 Å². The number of aromatic nitrogens is 2. The van der Waals surface area contributed by atoms with Crippen molar-refractivity contribution in [2.45, 2.75) is 25.2 Å². The van der Waals surface area contributed by atoms with E-state index in [1.54, 1.807) is 17.9 Å². The van der Waals surface area contributed by atoms with Crippen LogP contribution in [0.4, 0.5) is 27.6 Å². The Bertz CT molecular complexity index is 1380. The number of aromatic hydroxyl groups is 1. The summed E-state index contributed by atoms with van der Waals surface area (Å²) < 4.78 is 72.3. The van der Waals surface area contributed by atoms with Crippen LogP contribution in [0.1, 0.15) is 24.2 Å². The molecule has 1 aromatic carbocycles. The van der Waals surface area contributed by atoms with Crippen LogP contribution in [0.5, 0.6) is 5.75 Å². The van der Waals surface area contributed by atoms with Crippen molar-refractivity contribution in [1.82, 2.24) is 14.5 Å². The highest BCUT2D eigenvalue weighted by molar-refractivity contribution is 5.88. The van der Waals surface area contributed by atoms with Crippen molar-refractivity contribution in [3.63, 3.8) is 0 Å². The maximum Gasteiger partial charge on any atom is 0.408 e. The number of piperazine rings is 1. The minimum absolute atomic E-state index is 0.00417. The molecular weight excluding hydrogens is 473 g/mol. The van der Waals surface area contributed by atoms with Gasteiger partial charge < -0.3 is 14.6 Å². The zero-order valence-corrected chi connectivity index (χ0v) is 18.6. The van der Waals surface area contributed by atoms with E-state index in [-0.39, 0.29) is 30.9 Å². The van der Waals surface area contributed by atoms with Gasteiger partial charge in [0.05, 0.1) is 16.8 Å². The van der Waals surface area contributed by atoms with E-state index in [0.29, 0.717) is 28.9 Å². The lowest BCUT2D eigenvalue weighted by atomic mass is 10.00. The number of fused-ring (bicyclic) bond motifs is 1. The molecule has 12 heteroatoms. The Hall–Kier alpha value is -3.72. The van der Waals surface area contributed by atoms with Crippen molar-refractivity contribution in [1.29, 1.82) is 5.26 Å². The van der Waals surface area contributed by atoms with Gasteiger partial charge in [0.2, 0.25) is 0 Å². The average Bonchev–Trinajstić information content (AvgIpc) is 2.77. The maximum absolute atomic E-state index is 14.4. The van der Waals surface area contributed by atoms with Crippen molar-refractivity contribution in [3.8, 4) is 11.8 Å². The normalized spacial score (nSPS) is 18.0. The first kappa shape index (κ1) is 24.4. The van der Waals surface area contributed by atoms with E-state index in [0.717, 1.165) is 4.90 Å². The summed E-state index contributed by atoms with van der Waals surface area (Å²) in [7, 11) is 1.54. The molecule has 0 aliphatic carbocycles. The number of nitrogens with zero attached hydrogens (tertiary/aromatic N) is 5. The number of anilines is 1. The van der Waals surface area contributed by atoms with Gasteiger partial charge in [0.1, 0.15) is 40.7 Å². The molecule has 0 bridgehead atoms. The Morgan fingerprint density at radius 2 is 1.83 bits per heavy atom. The topological polar surface area (TPSA) is 85.4 Å². The number of rotatable bonds is 3. The zero-order valence-electron chi connectivity index (χ0n) is 18.6. The second-order valence-electron chi connectivity index (χ2n) is 8.41. The Balaban J connectivity index is 1.73. The first-order chi connectivity index (χ1) is 16.4. The summed E-state index contributed by atoms with van der Waals surface area (Å²) in [6.07, 6.45) is -5.00. The number of aryl methyl sites for hydroxylation is 1. The van der Waals surface area contributed by atoms with Crippen LogP contribution in [0.25, 0.3) is 11.0 Å². The third-order valence-electron chi connectivity index (χ3n) is 6.16. The van der Waals surface area contributed by atoms with Crippen molar-refractivity contribution in [2.75, 3.05) is 24.5 Å². The minimum atomic E-state index is -5.00. The fourth-order valence-electron chi connectivity index (χ4n) is 4.56. The second kappa shape index (κ2) is 8.81. The summed E-state index contributed by atoms with van der Waals surface area (Å²) in [4.78, 5) is 19.5. The number of hydrogen-bond acceptors (Lipinski definition) is 6. The molecule has 7 nitrogen and oxygen atoms in total. The molecule has 35 heavy (non-hydrogen) atoms. The summed E-state index contributed by atoms with van der Waals surface area (Å²) in [6, 6.07) is 3.97. The van der Waals surface area contributed by atoms with Gasteiger partial charge in [-0.25, -0.2) is 13.8 Å². The maximum atomic E-state index is 14.4. The lowest BCUT2D eigenvalue weighted by Gasteiger charge is -2.44. The van der Waals surface area contributed by atoms with E-state index in [2.05, 4.69) is 4.98 Å². The van der Waals surface area contributed by atoms with Gasteiger partial charge in [0.15, 0.2) is 0 Å². The molecule has 0 amide bonds. The van der Waals surface area contributed by atoms with E-state index >= 15 is 0 Å². The van der Waals surface area contributed by atoms with Crippen LogP contribution in [0.2, 0.25) is 0 Å². The predicted molar refractivity (Wildman–Crippen MR) is 117 cm³/mol. The SMILES string of the molecule is C[C@H]1CN(C(c2c(F)cc(O)cc2F)C(F)(F)F)CCN1c1cc(=O)n(C)c2ccc(C#N)nc12. The Morgan fingerprint density at radius 1 is 1.17 bits per heavy atom. The largest absolute Gasteiger partial charge is 0.508 e. The second-order valence-corrected chi connectivity index (χ2v) is 8.41. The molecule has 0 saturated carbocycles. The first-order valence-electron chi connectivity index (χ1n) is 10.6. The summed E-state index contributed by atoms with van der Waals surface area (Å²) in [6.45, 7) is 1.15. The summed E-state index contributed by atoms with van der Waals surface area (Å²) in [5.41, 5.74) is -0.292. The number of nitriles is 1. The van der Waals surface area contributed by atoms with E-state index in [4.69, 9.17) is 0 Å². The Kier molecular flexibility index (Phi) is 6.14. The zero-order chi connectivity index (χ0) is 25.7. The van der Waals surface area contributed by atoms with Crippen LogP contribution in [-0.4, -0.2) is 51.4 Å². The van der Waals surface area contributed by atoms with Crippen LogP contribution in [0, 0.1) is 23.0 Å². The number of pyridine rings is 2. The van der Waals surface area contributed by atoms with E-state index < -0.39 is 41.2 Å². The number of phenols is 1. The molecule has 1 unspecified atom stereocenters. The van der Waals surface area contributed by atoms with Gasteiger partial charge in [-0.05, 0) is 19.1 Å². The molecule has 2 aromatic heterocycles. The molecular formula is C23H20F5N5O2. The van der Waals surface area contributed by atoms with Gasteiger partial charge in [0.25, 0.3) is 5.56 Å². The first-order valence-corrected chi connectivity index (χ1v) is 10.6. The number of hydrogen-bond donors (Lipinski definition) is 1. The number of phenolic OH excluding ortho intramolecular Hbond substituents is 1. The molecule has 0 radical (unpaired) electrons. The third-order valence-corrected chi connectivity index (χ3v) is 6.16. The Labute approximate surface area is 196 Å². The van der Waals surface area contributed by atoms with Gasteiger partial charge in [-0.3, -0.25) is 9.69 Å². The van der Waals surface area contributed by atoms with Crippen LogP contribution in [-0.2, 0) is 7.05 Å². The molecule has 1 N–H and O–H groups in total. The highest BCUT2D eigenvalue weighted by Crippen LogP contribution is 2.42. The molecule has 0 spiro atoms. The molecule has 4 rings (SSSR count). The number of alkyl halides is 3. The monoisotopic (exact) mass is 493 g/mol. The summed E-state index contributed by atoms with van der Waals surface area (Å²) in [5, 5.41) is 18.6. The molecule has 3 heterocycles. The molecule has 184 valence electrons. The van der Waals surface area contributed by atoms with Crippen molar-refractivity contribution >= 4 is 16.7 Å². The minimum Gasteiger partial charge on any atom is -0.508 e. The van der Waals surface area contributed by atoms with Crippen LogP contribution in [0.15, 0.2) is 35.1 Å². The van der Waals surface area contributed by atoms with E-state index in [1.807, 2.05) is 6.07 Å². The van der Waals surface area contributed by atoms with Crippen molar-refractivity contribution in [2.24, 2.45) is 7.05 Å². The predicted octanol–water partition coefficient (Wildman–Crippen LogP) is 3.60. The smallest absolute Gasteiger partial charge is 0.408 e. The highest BCUT2D eigenvalue weighted by atomic mass is 19.4. The number of halogens is 5. The number of benzene rings is 1. The third kappa shape index (κ3) is 4.39. The molecule has 1 aliphatic rings. The standard InChI is InChI=1S/C23H20F5N5O2/c1-12-11-32(22(23(26,27)28)20-15(24)7-14(34)8-16(20)25)5-6-33(12)18-9-19(35)31(2)17-4-3-13(10-29)30-21(17)18/h3-4,7-9,12,22,34H,5-6,11H2,1-2H3/t12-,22?/m0/s1. The van der Waals surface area contributed by atoms with Gasteiger partial charge >= 0.3 is 6.18 Å². The molecule has 1 aliphatic heterocycles. The summed E-state index contributed by atoms with van der Waals surface area (Å²) >= 11 is 0.